The van der Waals surface area contributed by atoms with Crippen LogP contribution in [0.2, 0.25) is 0 Å². The van der Waals surface area contributed by atoms with Gasteiger partial charge in [-0.25, -0.2) is 9.59 Å². The Morgan fingerprint density at radius 3 is 2.24 bits per heavy atom. The Kier molecular flexibility index (Phi) is 4.75. The van der Waals surface area contributed by atoms with Crippen LogP contribution in [0.25, 0.3) is 0 Å². The zero-order valence-corrected chi connectivity index (χ0v) is 9.09. The molecule has 90 valence electrons. The number of carboxylic acids is 2. The van der Waals surface area contributed by atoms with Crippen LogP contribution in [0.1, 0.15) is 5.56 Å². The van der Waals surface area contributed by atoms with E-state index in [-0.39, 0.29) is 0 Å². The van der Waals surface area contributed by atoms with E-state index in [0.29, 0.717) is 12.2 Å². The van der Waals surface area contributed by atoms with Crippen molar-refractivity contribution in [2.24, 2.45) is 0 Å². The maximum Gasteiger partial charge on any atom is 0.328 e. The van der Waals surface area contributed by atoms with Gasteiger partial charge in [0.05, 0.1) is 0 Å². The van der Waals surface area contributed by atoms with Crippen LogP contribution >= 0.6 is 0 Å². The van der Waals surface area contributed by atoms with E-state index in [0.717, 1.165) is 6.54 Å². The van der Waals surface area contributed by atoms with E-state index in [2.05, 4.69) is 29.6 Å². The van der Waals surface area contributed by atoms with Gasteiger partial charge >= 0.3 is 11.9 Å². The first-order chi connectivity index (χ1) is 8.09. The van der Waals surface area contributed by atoms with Gasteiger partial charge in [-0.2, -0.15) is 0 Å². The van der Waals surface area contributed by atoms with Crippen molar-refractivity contribution in [1.82, 2.24) is 0 Å². The van der Waals surface area contributed by atoms with E-state index < -0.39 is 11.9 Å². The topological polar surface area (TPSA) is 86.6 Å². The summed E-state index contributed by atoms with van der Waals surface area (Å²) in [5.74, 6) is -2.51. The van der Waals surface area contributed by atoms with Crippen LogP contribution in [-0.2, 0) is 16.0 Å². The van der Waals surface area contributed by atoms with Crippen molar-refractivity contribution in [1.29, 1.82) is 0 Å². The van der Waals surface area contributed by atoms with E-state index >= 15 is 0 Å². The third-order valence-corrected chi connectivity index (χ3v) is 2.10. The standard InChI is InChI=1S/C8H9N.C4H4O4/c1-2-4-8-7(3-1)5-6-9-8;5-3(6)1-2-4(7)8/h1-4,9H,5-6H2;1-2H,(H,5,6)(H,7,8)/b;2-1+. The molecule has 2 rings (SSSR count). The molecule has 0 spiro atoms. The Morgan fingerprint density at radius 1 is 1.12 bits per heavy atom. The first-order valence-corrected chi connectivity index (χ1v) is 5.05. The molecule has 1 aliphatic rings. The summed E-state index contributed by atoms with van der Waals surface area (Å²) in [5, 5.41) is 18.9. The molecule has 0 atom stereocenters. The molecule has 0 aliphatic carbocycles. The molecule has 0 aromatic heterocycles. The van der Waals surface area contributed by atoms with Gasteiger partial charge in [0, 0.05) is 24.4 Å². The van der Waals surface area contributed by atoms with Gasteiger partial charge < -0.3 is 15.5 Å². The summed E-state index contributed by atoms with van der Waals surface area (Å²) in [6.45, 7) is 1.11. The first kappa shape index (κ1) is 12.8. The highest BCUT2D eigenvalue weighted by atomic mass is 16.4. The number of para-hydroxylation sites is 1. The summed E-state index contributed by atoms with van der Waals surface area (Å²) in [6, 6.07) is 8.46. The lowest BCUT2D eigenvalue weighted by molar-refractivity contribution is -0.134. The number of carboxylic acid groups (broad SMARTS) is 2. The maximum absolute atomic E-state index is 9.55. The number of benzene rings is 1. The fourth-order valence-electron chi connectivity index (χ4n) is 1.39. The average molecular weight is 235 g/mol. The second-order valence-corrected chi connectivity index (χ2v) is 3.34. The Bertz CT molecular complexity index is 401. The van der Waals surface area contributed by atoms with Crippen LogP contribution in [0.4, 0.5) is 5.69 Å². The Balaban J connectivity index is 0.000000172. The van der Waals surface area contributed by atoms with Crippen LogP contribution in [-0.4, -0.2) is 28.7 Å². The Labute approximate surface area is 98.4 Å². The summed E-state index contributed by atoms with van der Waals surface area (Å²) in [5.41, 5.74) is 2.77. The van der Waals surface area contributed by atoms with Crippen molar-refractivity contribution >= 4 is 17.6 Å². The number of rotatable bonds is 2. The highest BCUT2D eigenvalue weighted by Gasteiger charge is 2.05. The van der Waals surface area contributed by atoms with Crippen molar-refractivity contribution in [3.63, 3.8) is 0 Å². The molecule has 5 nitrogen and oxygen atoms in total. The maximum atomic E-state index is 9.55. The molecule has 0 radical (unpaired) electrons. The Hall–Kier alpha value is -2.30. The van der Waals surface area contributed by atoms with Gasteiger partial charge in [-0.1, -0.05) is 18.2 Å². The molecule has 0 fully saturated rings. The van der Waals surface area contributed by atoms with Gasteiger partial charge in [-0.3, -0.25) is 0 Å². The fraction of sp³-hybridized carbons (Fsp3) is 0.167. The number of fused-ring (bicyclic) bond motifs is 1. The van der Waals surface area contributed by atoms with Gasteiger partial charge in [-0.05, 0) is 18.1 Å². The molecule has 5 heteroatoms. The second kappa shape index (κ2) is 6.32. The minimum atomic E-state index is -1.26. The third-order valence-electron chi connectivity index (χ3n) is 2.10. The first-order valence-electron chi connectivity index (χ1n) is 5.05. The molecule has 1 aliphatic heterocycles. The molecule has 1 heterocycles. The minimum absolute atomic E-state index is 0.558. The predicted octanol–water partition coefficient (Wildman–Crippen LogP) is 1.37. The largest absolute Gasteiger partial charge is 0.478 e. The summed E-state index contributed by atoms with van der Waals surface area (Å²) in [6.07, 6.45) is 2.31. The summed E-state index contributed by atoms with van der Waals surface area (Å²) < 4.78 is 0. The van der Waals surface area contributed by atoms with Crippen LogP contribution in [0.5, 0.6) is 0 Å². The van der Waals surface area contributed by atoms with E-state index in [1.165, 1.54) is 17.7 Å². The SMILES string of the molecule is O=C(O)/C=C/C(=O)O.c1ccc2c(c1)CCN2. The number of hydrogen-bond acceptors (Lipinski definition) is 3. The predicted molar refractivity (Wildman–Crippen MR) is 63.0 cm³/mol. The van der Waals surface area contributed by atoms with Crippen LogP contribution in [0.15, 0.2) is 36.4 Å². The number of nitrogens with one attached hydrogen (secondary N) is 1. The lowest BCUT2D eigenvalue weighted by Crippen LogP contribution is -1.91. The zero-order chi connectivity index (χ0) is 12.7. The molecule has 1 aromatic rings. The summed E-state index contributed by atoms with van der Waals surface area (Å²) in [7, 11) is 0. The molecule has 0 saturated carbocycles. The molecule has 0 amide bonds. The van der Waals surface area contributed by atoms with Gasteiger partial charge in [0.15, 0.2) is 0 Å². The van der Waals surface area contributed by atoms with E-state index in [1.807, 2.05) is 0 Å². The molecule has 3 N–H and O–H groups in total. The fourth-order valence-corrected chi connectivity index (χ4v) is 1.39. The van der Waals surface area contributed by atoms with Gasteiger partial charge in [-0.15, -0.1) is 0 Å². The Morgan fingerprint density at radius 2 is 1.71 bits per heavy atom. The van der Waals surface area contributed by atoms with Gasteiger partial charge in [0.1, 0.15) is 0 Å². The van der Waals surface area contributed by atoms with Crippen LogP contribution in [0, 0.1) is 0 Å². The van der Waals surface area contributed by atoms with E-state index in [1.54, 1.807) is 0 Å². The molecule has 0 unspecified atom stereocenters. The van der Waals surface area contributed by atoms with Crippen molar-refractivity contribution in [2.75, 3.05) is 11.9 Å². The molecule has 17 heavy (non-hydrogen) atoms. The summed E-state index contributed by atoms with van der Waals surface area (Å²) in [4.78, 5) is 19.1. The second-order valence-electron chi connectivity index (χ2n) is 3.34. The number of aliphatic carboxylic acids is 2. The summed E-state index contributed by atoms with van der Waals surface area (Å²) >= 11 is 0. The third kappa shape index (κ3) is 4.83. The quantitative estimate of drug-likeness (QED) is 0.674. The average Bonchev–Trinajstić information content (AvgIpc) is 2.75. The molecular formula is C12H13NO4. The number of carbonyl (C=O) groups is 2. The normalized spacial score (nSPS) is 12.2. The monoisotopic (exact) mass is 235 g/mol. The van der Waals surface area contributed by atoms with Crippen LogP contribution < -0.4 is 5.32 Å². The lowest BCUT2D eigenvalue weighted by Gasteiger charge is -1.94. The lowest BCUT2D eigenvalue weighted by atomic mass is 10.2. The van der Waals surface area contributed by atoms with E-state index in [4.69, 9.17) is 10.2 Å². The molecule has 0 bridgehead atoms. The van der Waals surface area contributed by atoms with Crippen molar-refractivity contribution in [3.05, 3.63) is 42.0 Å². The van der Waals surface area contributed by atoms with Crippen molar-refractivity contribution < 1.29 is 19.8 Å². The minimum Gasteiger partial charge on any atom is -0.478 e. The van der Waals surface area contributed by atoms with Gasteiger partial charge in [0.2, 0.25) is 0 Å². The van der Waals surface area contributed by atoms with Crippen molar-refractivity contribution in [2.45, 2.75) is 6.42 Å². The molecule has 1 aromatic carbocycles. The molecular weight excluding hydrogens is 222 g/mol. The van der Waals surface area contributed by atoms with Crippen LogP contribution in [0.3, 0.4) is 0 Å². The number of hydrogen-bond donors (Lipinski definition) is 3. The zero-order valence-electron chi connectivity index (χ0n) is 9.09. The highest BCUT2D eigenvalue weighted by molar-refractivity contribution is 5.89. The smallest absolute Gasteiger partial charge is 0.328 e. The number of anilines is 1. The van der Waals surface area contributed by atoms with Crippen molar-refractivity contribution in [3.8, 4) is 0 Å². The highest BCUT2D eigenvalue weighted by Crippen LogP contribution is 2.19. The van der Waals surface area contributed by atoms with Gasteiger partial charge in [0.25, 0.3) is 0 Å². The van der Waals surface area contributed by atoms with E-state index in [9.17, 15) is 9.59 Å². The molecule has 0 saturated heterocycles.